The van der Waals surface area contributed by atoms with Crippen LogP contribution in [0.1, 0.15) is 33.1 Å². The maximum atomic E-state index is 4.32. The van der Waals surface area contributed by atoms with Gasteiger partial charge < -0.3 is 12.7 Å². The third-order valence-electron chi connectivity index (χ3n) is 2.60. The molecule has 0 unspecified atom stereocenters. The molecule has 0 aliphatic carbocycles. The molecule has 0 aromatic heterocycles. The topological polar surface area (TPSA) is 14.1 Å². The number of piperidine rings is 1. The second-order valence-corrected chi connectivity index (χ2v) is 3.34. The second kappa shape index (κ2) is 6.20. The van der Waals surface area contributed by atoms with Crippen molar-refractivity contribution in [2.45, 2.75) is 33.1 Å². The fourth-order valence-corrected chi connectivity index (χ4v) is 1.29. The Morgan fingerprint density at radius 3 is 2.00 bits per heavy atom. The normalized spacial score (nSPS) is 21.3. The van der Waals surface area contributed by atoms with E-state index in [2.05, 4.69) is 19.2 Å². The molecule has 0 atom stereocenters. The smallest absolute Gasteiger partial charge is 0.662 e. The molecule has 0 saturated carbocycles. The van der Waals surface area contributed by atoms with Crippen LogP contribution in [-0.4, -0.2) is 13.1 Å². The van der Waals surface area contributed by atoms with Crippen molar-refractivity contribution >= 4 is 0 Å². The SMILES string of the molecule is CCC1(C)CC[N-]CC1.[CH3-].[W+2]. The summed E-state index contributed by atoms with van der Waals surface area (Å²) >= 11 is 0. The molecular formula is C9H19NW. The molecule has 1 aliphatic heterocycles. The summed E-state index contributed by atoms with van der Waals surface area (Å²) < 4.78 is 0. The van der Waals surface area contributed by atoms with Crippen molar-refractivity contribution < 1.29 is 21.1 Å². The molecule has 0 spiro atoms. The Labute approximate surface area is 85.6 Å². The van der Waals surface area contributed by atoms with Crippen LogP contribution in [-0.2, 0) is 21.1 Å². The van der Waals surface area contributed by atoms with Gasteiger partial charge in [-0.3, -0.25) is 0 Å². The predicted octanol–water partition coefficient (Wildman–Crippen LogP) is 3.02. The van der Waals surface area contributed by atoms with Crippen LogP contribution in [0.4, 0.5) is 0 Å². The Bertz CT molecular complexity index is 87.6. The largest absolute Gasteiger partial charge is 2.00 e. The Kier molecular flexibility index (Phi) is 7.99. The Morgan fingerprint density at radius 1 is 1.27 bits per heavy atom. The van der Waals surface area contributed by atoms with Crippen molar-refractivity contribution in [1.29, 1.82) is 0 Å². The first kappa shape index (κ1) is 14.2. The van der Waals surface area contributed by atoms with E-state index in [1.54, 1.807) is 0 Å². The summed E-state index contributed by atoms with van der Waals surface area (Å²) in [5.74, 6) is 0. The monoisotopic (exact) mass is 325 g/mol. The van der Waals surface area contributed by atoms with Crippen LogP contribution in [0.5, 0.6) is 0 Å². The van der Waals surface area contributed by atoms with E-state index in [0.29, 0.717) is 5.41 Å². The van der Waals surface area contributed by atoms with Gasteiger partial charge in [-0.25, -0.2) is 0 Å². The van der Waals surface area contributed by atoms with Gasteiger partial charge in [0.15, 0.2) is 0 Å². The molecule has 66 valence electrons. The molecule has 11 heavy (non-hydrogen) atoms. The van der Waals surface area contributed by atoms with Crippen LogP contribution in [0.2, 0.25) is 0 Å². The second-order valence-electron chi connectivity index (χ2n) is 3.34. The van der Waals surface area contributed by atoms with Gasteiger partial charge in [-0.05, 0) is 5.41 Å². The minimum Gasteiger partial charge on any atom is -0.662 e. The maximum absolute atomic E-state index is 4.32. The van der Waals surface area contributed by atoms with Crippen LogP contribution in [0, 0.1) is 12.8 Å². The first-order chi connectivity index (χ1) is 4.27. The van der Waals surface area contributed by atoms with Gasteiger partial charge in [-0.1, -0.05) is 33.1 Å². The van der Waals surface area contributed by atoms with Crippen LogP contribution >= 0.6 is 0 Å². The summed E-state index contributed by atoms with van der Waals surface area (Å²) in [4.78, 5) is 0. The summed E-state index contributed by atoms with van der Waals surface area (Å²) in [6, 6.07) is 0. The van der Waals surface area contributed by atoms with E-state index >= 15 is 0 Å². The molecule has 2 heteroatoms. The van der Waals surface area contributed by atoms with Gasteiger partial charge >= 0.3 is 21.1 Å². The van der Waals surface area contributed by atoms with E-state index in [-0.39, 0.29) is 28.5 Å². The molecule has 1 heterocycles. The third kappa shape index (κ3) is 4.28. The number of hydrogen-bond donors (Lipinski definition) is 0. The van der Waals surface area contributed by atoms with Crippen molar-refractivity contribution in [2.24, 2.45) is 5.41 Å². The quantitative estimate of drug-likeness (QED) is 0.658. The van der Waals surface area contributed by atoms with Gasteiger partial charge in [0, 0.05) is 0 Å². The number of nitrogens with zero attached hydrogens (tertiary/aromatic N) is 1. The van der Waals surface area contributed by atoms with Crippen molar-refractivity contribution in [1.82, 2.24) is 0 Å². The maximum Gasteiger partial charge on any atom is 2.00 e. The molecule has 0 amide bonds. The average molecular weight is 325 g/mol. The molecule has 0 aromatic rings. The first-order valence-corrected chi connectivity index (χ1v) is 3.90. The van der Waals surface area contributed by atoms with Crippen molar-refractivity contribution in [2.75, 3.05) is 13.1 Å². The van der Waals surface area contributed by atoms with Crippen LogP contribution in [0.25, 0.3) is 5.32 Å². The van der Waals surface area contributed by atoms with Gasteiger partial charge in [0.25, 0.3) is 0 Å². The zero-order valence-electron chi connectivity index (χ0n) is 7.89. The summed E-state index contributed by atoms with van der Waals surface area (Å²) in [5.41, 5.74) is 0.627. The Balaban J connectivity index is 0. The zero-order chi connectivity index (χ0) is 6.74. The molecule has 0 radical (unpaired) electrons. The summed E-state index contributed by atoms with van der Waals surface area (Å²) in [6.45, 7) is 6.86. The van der Waals surface area contributed by atoms with Crippen LogP contribution < -0.4 is 0 Å². The fourth-order valence-electron chi connectivity index (χ4n) is 1.29. The molecule has 1 aliphatic rings. The van der Waals surface area contributed by atoms with E-state index in [9.17, 15) is 0 Å². The van der Waals surface area contributed by atoms with E-state index < -0.39 is 0 Å². The molecule has 0 N–H and O–H groups in total. The number of hydrogen-bond acceptors (Lipinski definition) is 0. The predicted molar refractivity (Wildman–Crippen MR) is 47.1 cm³/mol. The van der Waals surface area contributed by atoms with Crippen LogP contribution in [0.3, 0.4) is 0 Å². The van der Waals surface area contributed by atoms with E-state index in [0.717, 1.165) is 13.1 Å². The van der Waals surface area contributed by atoms with E-state index in [4.69, 9.17) is 0 Å². The van der Waals surface area contributed by atoms with Crippen molar-refractivity contribution in [3.05, 3.63) is 12.7 Å². The molecule has 1 fully saturated rings. The van der Waals surface area contributed by atoms with E-state index in [1.165, 1.54) is 19.3 Å². The molecule has 1 rings (SSSR count). The molecular weight excluding hydrogens is 306 g/mol. The third-order valence-corrected chi connectivity index (χ3v) is 2.60. The van der Waals surface area contributed by atoms with Crippen LogP contribution in [0.15, 0.2) is 0 Å². The minimum absolute atomic E-state index is 0. The van der Waals surface area contributed by atoms with Gasteiger partial charge in [-0.15, -0.1) is 13.1 Å². The van der Waals surface area contributed by atoms with Gasteiger partial charge in [-0.2, -0.15) is 0 Å². The van der Waals surface area contributed by atoms with Crippen molar-refractivity contribution in [3.8, 4) is 0 Å². The molecule has 1 saturated heterocycles. The zero-order valence-corrected chi connectivity index (χ0v) is 10.8. The van der Waals surface area contributed by atoms with E-state index in [1.807, 2.05) is 0 Å². The van der Waals surface area contributed by atoms with Gasteiger partial charge in [0.2, 0.25) is 0 Å². The minimum atomic E-state index is 0. The molecule has 0 bridgehead atoms. The average Bonchev–Trinajstić information content (AvgIpc) is 1.90. The molecule has 1 nitrogen and oxygen atoms in total. The Morgan fingerprint density at radius 2 is 1.73 bits per heavy atom. The fraction of sp³-hybridized carbons (Fsp3) is 0.889. The van der Waals surface area contributed by atoms with Gasteiger partial charge in [0.1, 0.15) is 0 Å². The summed E-state index contributed by atoms with van der Waals surface area (Å²) in [6.07, 6.45) is 3.94. The first-order valence-electron chi connectivity index (χ1n) is 3.90. The number of rotatable bonds is 1. The van der Waals surface area contributed by atoms with Gasteiger partial charge in [0.05, 0.1) is 0 Å². The molecule has 0 aromatic carbocycles. The van der Waals surface area contributed by atoms with Crippen molar-refractivity contribution in [3.63, 3.8) is 0 Å². The standard InChI is InChI=1S/C8H16N.CH3.W/c1-3-8(2)4-6-9-7-5-8;;/h3-7H2,1-2H3;1H3;/q2*-1;+2. The summed E-state index contributed by atoms with van der Waals surface area (Å²) in [7, 11) is 0. The Hall–Kier alpha value is 0.648. The summed E-state index contributed by atoms with van der Waals surface area (Å²) in [5, 5.41) is 4.32.